The Kier molecular flexibility index (Phi) is 4.34. The smallest absolute Gasteiger partial charge is 0.152 e. The van der Waals surface area contributed by atoms with Gasteiger partial charge in [-0.15, -0.1) is 0 Å². The van der Waals surface area contributed by atoms with E-state index >= 15 is 0 Å². The summed E-state index contributed by atoms with van der Waals surface area (Å²) < 4.78 is 7.68. The molecule has 0 fully saturated rings. The van der Waals surface area contributed by atoms with Gasteiger partial charge in [0, 0.05) is 24.3 Å². The topological polar surface area (TPSA) is 71.7 Å². The Labute approximate surface area is 135 Å². The summed E-state index contributed by atoms with van der Waals surface area (Å²) in [5.41, 5.74) is 3.20. The van der Waals surface area contributed by atoms with Crippen molar-refractivity contribution < 1.29 is 4.42 Å². The molecule has 0 spiro atoms. The van der Waals surface area contributed by atoms with Crippen molar-refractivity contribution in [1.29, 1.82) is 0 Å². The number of nitrogens with one attached hydrogen (secondary N) is 2. The fourth-order valence-electron chi connectivity index (χ4n) is 2.55. The van der Waals surface area contributed by atoms with Crippen molar-refractivity contribution in [1.82, 2.24) is 25.3 Å². The van der Waals surface area contributed by atoms with Crippen molar-refractivity contribution in [3.05, 3.63) is 47.6 Å². The SMILES string of the molecule is Cc1cnn([C@H](C)[C@@H](C)NCc2cn[nH]c2-c2ccc(C)o2)c1. The maximum atomic E-state index is 5.68. The number of aryl methyl sites for hydroxylation is 2. The van der Waals surface area contributed by atoms with E-state index in [2.05, 4.69) is 47.6 Å². The maximum absolute atomic E-state index is 5.68. The molecular weight excluding hydrogens is 290 g/mol. The fraction of sp³-hybridized carbons (Fsp3) is 0.412. The van der Waals surface area contributed by atoms with Crippen molar-refractivity contribution in [3.8, 4) is 11.5 Å². The van der Waals surface area contributed by atoms with E-state index in [1.54, 1.807) is 0 Å². The lowest BCUT2D eigenvalue weighted by molar-refractivity contribution is 0.365. The highest BCUT2D eigenvalue weighted by Crippen LogP contribution is 2.23. The van der Waals surface area contributed by atoms with Gasteiger partial charge in [-0.05, 0) is 45.4 Å². The molecule has 6 nitrogen and oxygen atoms in total. The highest BCUT2D eigenvalue weighted by atomic mass is 16.3. The maximum Gasteiger partial charge on any atom is 0.152 e. The Morgan fingerprint density at radius 1 is 1.26 bits per heavy atom. The first-order valence-corrected chi connectivity index (χ1v) is 7.88. The molecular formula is C17H23N5O. The normalized spacial score (nSPS) is 14.1. The highest BCUT2D eigenvalue weighted by Gasteiger charge is 2.16. The van der Waals surface area contributed by atoms with E-state index in [1.807, 2.05) is 36.1 Å². The zero-order chi connectivity index (χ0) is 16.4. The molecule has 3 rings (SSSR count). The molecule has 3 heterocycles. The first-order chi connectivity index (χ1) is 11.0. The van der Waals surface area contributed by atoms with Crippen molar-refractivity contribution in [2.24, 2.45) is 0 Å². The van der Waals surface area contributed by atoms with E-state index in [1.165, 1.54) is 5.56 Å². The molecule has 0 saturated heterocycles. The number of nitrogens with zero attached hydrogens (tertiary/aromatic N) is 3. The third kappa shape index (κ3) is 3.37. The van der Waals surface area contributed by atoms with Gasteiger partial charge in [-0.3, -0.25) is 9.78 Å². The Balaban J connectivity index is 1.66. The van der Waals surface area contributed by atoms with Gasteiger partial charge in [-0.1, -0.05) is 0 Å². The second-order valence-corrected chi connectivity index (χ2v) is 6.09. The van der Waals surface area contributed by atoms with Crippen LogP contribution in [0.5, 0.6) is 0 Å². The minimum atomic E-state index is 0.268. The monoisotopic (exact) mass is 313 g/mol. The number of rotatable bonds is 6. The molecule has 0 saturated carbocycles. The zero-order valence-corrected chi connectivity index (χ0v) is 14.0. The molecule has 0 aliphatic carbocycles. The lowest BCUT2D eigenvalue weighted by Gasteiger charge is -2.21. The molecule has 2 atom stereocenters. The summed E-state index contributed by atoms with van der Waals surface area (Å²) >= 11 is 0. The molecule has 3 aromatic rings. The largest absolute Gasteiger partial charge is 0.460 e. The molecule has 0 bridgehead atoms. The lowest BCUT2D eigenvalue weighted by atomic mass is 10.1. The first kappa shape index (κ1) is 15.6. The van der Waals surface area contributed by atoms with Gasteiger partial charge in [0.25, 0.3) is 0 Å². The van der Waals surface area contributed by atoms with Crippen LogP contribution in [0.1, 0.15) is 36.8 Å². The van der Waals surface area contributed by atoms with Gasteiger partial charge in [0.15, 0.2) is 5.76 Å². The minimum Gasteiger partial charge on any atom is -0.460 e. The minimum absolute atomic E-state index is 0.268. The van der Waals surface area contributed by atoms with E-state index in [0.29, 0.717) is 0 Å². The quantitative estimate of drug-likeness (QED) is 0.733. The van der Waals surface area contributed by atoms with Crippen LogP contribution in [-0.4, -0.2) is 26.0 Å². The number of hydrogen-bond donors (Lipinski definition) is 2. The van der Waals surface area contributed by atoms with Crippen molar-refractivity contribution >= 4 is 0 Å². The lowest BCUT2D eigenvalue weighted by Crippen LogP contribution is -2.33. The molecule has 0 aromatic carbocycles. The molecule has 23 heavy (non-hydrogen) atoms. The predicted molar refractivity (Wildman–Crippen MR) is 89.0 cm³/mol. The standard InChI is InChI=1S/C17H23N5O/c1-11-7-20-22(10-11)14(4)13(3)18-8-15-9-19-21-17(15)16-6-5-12(2)23-16/h5-7,9-10,13-14,18H,8H2,1-4H3,(H,19,21)/t13-,14-/m1/s1. The van der Waals surface area contributed by atoms with E-state index in [9.17, 15) is 0 Å². The summed E-state index contributed by atoms with van der Waals surface area (Å²) in [7, 11) is 0. The van der Waals surface area contributed by atoms with Crippen molar-refractivity contribution in [2.45, 2.75) is 46.3 Å². The Morgan fingerprint density at radius 3 is 2.74 bits per heavy atom. The van der Waals surface area contributed by atoms with Crippen LogP contribution in [0.4, 0.5) is 0 Å². The van der Waals surface area contributed by atoms with Gasteiger partial charge in [0.1, 0.15) is 11.5 Å². The van der Waals surface area contributed by atoms with Crippen LogP contribution in [-0.2, 0) is 6.54 Å². The second-order valence-electron chi connectivity index (χ2n) is 6.09. The molecule has 0 amide bonds. The van der Waals surface area contributed by atoms with Crippen molar-refractivity contribution in [3.63, 3.8) is 0 Å². The molecule has 6 heteroatoms. The second kappa shape index (κ2) is 6.42. The van der Waals surface area contributed by atoms with Gasteiger partial charge in [0.2, 0.25) is 0 Å². The number of furan rings is 1. The van der Waals surface area contributed by atoms with Gasteiger partial charge < -0.3 is 9.73 Å². The molecule has 0 unspecified atom stereocenters. The summed E-state index contributed by atoms with van der Waals surface area (Å²) in [5, 5.41) is 15.1. The van der Waals surface area contributed by atoms with Gasteiger partial charge in [-0.25, -0.2) is 0 Å². The Bertz CT molecular complexity index is 769. The third-order valence-electron chi connectivity index (χ3n) is 4.19. The average Bonchev–Trinajstić information content (AvgIpc) is 3.24. The van der Waals surface area contributed by atoms with E-state index < -0.39 is 0 Å². The van der Waals surface area contributed by atoms with Crippen LogP contribution < -0.4 is 5.32 Å². The summed E-state index contributed by atoms with van der Waals surface area (Å²) in [5.74, 6) is 1.71. The molecule has 0 aliphatic rings. The fourth-order valence-corrected chi connectivity index (χ4v) is 2.55. The predicted octanol–water partition coefficient (Wildman–Crippen LogP) is 3.22. The highest BCUT2D eigenvalue weighted by molar-refractivity contribution is 5.56. The van der Waals surface area contributed by atoms with Crippen LogP contribution in [0, 0.1) is 13.8 Å². The number of aromatic amines is 1. The Hall–Kier alpha value is -2.34. The zero-order valence-electron chi connectivity index (χ0n) is 14.0. The summed E-state index contributed by atoms with van der Waals surface area (Å²) in [6, 6.07) is 4.46. The van der Waals surface area contributed by atoms with Crippen LogP contribution in [0.15, 0.2) is 35.1 Å². The summed E-state index contributed by atoms with van der Waals surface area (Å²) in [6.45, 7) is 9.04. The van der Waals surface area contributed by atoms with Crippen LogP contribution in [0.2, 0.25) is 0 Å². The number of H-pyrrole nitrogens is 1. The van der Waals surface area contributed by atoms with Gasteiger partial charge >= 0.3 is 0 Å². The summed E-state index contributed by atoms with van der Waals surface area (Å²) in [4.78, 5) is 0. The van der Waals surface area contributed by atoms with Crippen molar-refractivity contribution in [2.75, 3.05) is 0 Å². The Morgan fingerprint density at radius 2 is 2.09 bits per heavy atom. The average molecular weight is 313 g/mol. The van der Waals surface area contributed by atoms with E-state index in [-0.39, 0.29) is 12.1 Å². The van der Waals surface area contributed by atoms with Crippen LogP contribution >= 0.6 is 0 Å². The third-order valence-corrected chi connectivity index (χ3v) is 4.19. The van der Waals surface area contributed by atoms with Crippen LogP contribution in [0.25, 0.3) is 11.5 Å². The molecule has 2 N–H and O–H groups in total. The summed E-state index contributed by atoms with van der Waals surface area (Å²) in [6.07, 6.45) is 5.80. The number of aromatic nitrogens is 4. The van der Waals surface area contributed by atoms with Gasteiger partial charge in [0.05, 0.1) is 18.4 Å². The van der Waals surface area contributed by atoms with E-state index in [4.69, 9.17) is 4.42 Å². The molecule has 3 aromatic heterocycles. The van der Waals surface area contributed by atoms with Crippen LogP contribution in [0.3, 0.4) is 0 Å². The van der Waals surface area contributed by atoms with Gasteiger partial charge in [-0.2, -0.15) is 10.2 Å². The molecule has 0 radical (unpaired) electrons. The molecule has 122 valence electrons. The molecule has 0 aliphatic heterocycles. The first-order valence-electron chi connectivity index (χ1n) is 7.88. The number of hydrogen-bond acceptors (Lipinski definition) is 4. The van der Waals surface area contributed by atoms with E-state index in [0.717, 1.165) is 29.3 Å².